The first-order valence-corrected chi connectivity index (χ1v) is 7.18. The summed E-state index contributed by atoms with van der Waals surface area (Å²) < 4.78 is 18.7. The lowest BCUT2D eigenvalue weighted by Gasteiger charge is -2.21. The van der Waals surface area contributed by atoms with E-state index in [4.69, 9.17) is 16.3 Å². The van der Waals surface area contributed by atoms with E-state index in [9.17, 15) is 4.39 Å². The van der Waals surface area contributed by atoms with Crippen molar-refractivity contribution in [2.45, 2.75) is 32.9 Å². The zero-order valence-electron chi connectivity index (χ0n) is 12.4. The summed E-state index contributed by atoms with van der Waals surface area (Å²) >= 11 is 6.06. The maximum atomic E-state index is 12.9. The lowest BCUT2D eigenvalue weighted by molar-refractivity contribution is 0.414. The van der Waals surface area contributed by atoms with Crippen LogP contribution >= 0.6 is 11.6 Å². The largest absolute Gasteiger partial charge is 0.457 e. The van der Waals surface area contributed by atoms with Gasteiger partial charge in [-0.3, -0.25) is 0 Å². The average Bonchev–Trinajstić information content (AvgIpc) is 2.40. The van der Waals surface area contributed by atoms with E-state index in [1.54, 1.807) is 18.2 Å². The van der Waals surface area contributed by atoms with E-state index in [2.05, 4.69) is 26.1 Å². The second-order valence-electron chi connectivity index (χ2n) is 5.91. The molecule has 4 heteroatoms. The van der Waals surface area contributed by atoms with E-state index < -0.39 is 0 Å². The van der Waals surface area contributed by atoms with Crippen molar-refractivity contribution in [3.63, 3.8) is 0 Å². The maximum Gasteiger partial charge on any atom is 0.132 e. The van der Waals surface area contributed by atoms with Crippen molar-refractivity contribution < 1.29 is 9.13 Å². The highest BCUT2D eigenvalue weighted by atomic mass is 35.5. The summed E-state index contributed by atoms with van der Waals surface area (Å²) in [6.07, 6.45) is 0. The molecule has 0 saturated carbocycles. The van der Waals surface area contributed by atoms with Crippen LogP contribution in [0, 0.1) is 5.82 Å². The molecule has 0 heterocycles. The fourth-order valence-electron chi connectivity index (χ4n) is 1.78. The highest BCUT2D eigenvalue weighted by Gasteiger charge is 2.12. The minimum Gasteiger partial charge on any atom is -0.457 e. The van der Waals surface area contributed by atoms with Gasteiger partial charge in [-0.2, -0.15) is 0 Å². The molecule has 0 amide bonds. The molecule has 2 rings (SSSR count). The normalized spacial score (nSPS) is 11.5. The molecule has 0 aromatic heterocycles. The summed E-state index contributed by atoms with van der Waals surface area (Å²) in [6, 6.07) is 11.4. The molecule has 1 N–H and O–H groups in total. The van der Waals surface area contributed by atoms with Gasteiger partial charge in [-0.25, -0.2) is 4.39 Å². The van der Waals surface area contributed by atoms with E-state index in [0.717, 1.165) is 5.56 Å². The number of ether oxygens (including phenoxy) is 1. The van der Waals surface area contributed by atoms with Crippen LogP contribution in [0.1, 0.15) is 26.3 Å². The first-order chi connectivity index (χ1) is 9.83. The van der Waals surface area contributed by atoms with E-state index in [-0.39, 0.29) is 11.4 Å². The van der Waals surface area contributed by atoms with Crippen molar-refractivity contribution in [3.05, 3.63) is 58.9 Å². The fraction of sp³-hybridized carbons (Fsp3) is 0.294. The van der Waals surface area contributed by atoms with Gasteiger partial charge in [-0.15, -0.1) is 0 Å². The number of hydrogen-bond acceptors (Lipinski definition) is 2. The van der Waals surface area contributed by atoms with Crippen LogP contribution in [-0.4, -0.2) is 5.54 Å². The van der Waals surface area contributed by atoms with Gasteiger partial charge >= 0.3 is 0 Å². The van der Waals surface area contributed by atoms with Gasteiger partial charge in [0.2, 0.25) is 0 Å². The standard InChI is InChI=1S/C17H19ClFNO/c1-17(2,3)20-11-12-10-13(18)4-9-16(12)21-15-7-5-14(19)6-8-15/h4-10,20H,11H2,1-3H3. The minimum absolute atomic E-state index is 0.00450. The van der Waals surface area contributed by atoms with Gasteiger partial charge in [-0.05, 0) is 63.2 Å². The summed E-state index contributed by atoms with van der Waals surface area (Å²) in [7, 11) is 0. The molecule has 0 spiro atoms. The van der Waals surface area contributed by atoms with Crippen LogP contribution in [0.3, 0.4) is 0 Å². The second kappa shape index (κ2) is 6.46. The molecule has 0 radical (unpaired) electrons. The zero-order chi connectivity index (χ0) is 15.5. The van der Waals surface area contributed by atoms with Crippen molar-refractivity contribution in [1.29, 1.82) is 0 Å². The van der Waals surface area contributed by atoms with Crippen molar-refractivity contribution >= 4 is 11.6 Å². The number of rotatable bonds is 4. The van der Waals surface area contributed by atoms with Crippen LogP contribution in [0.15, 0.2) is 42.5 Å². The molecule has 0 fully saturated rings. The van der Waals surface area contributed by atoms with Crippen LogP contribution in [-0.2, 0) is 6.54 Å². The molecule has 21 heavy (non-hydrogen) atoms. The molecule has 0 atom stereocenters. The molecule has 0 saturated heterocycles. The topological polar surface area (TPSA) is 21.3 Å². The minimum atomic E-state index is -0.284. The van der Waals surface area contributed by atoms with E-state index >= 15 is 0 Å². The lowest BCUT2D eigenvalue weighted by atomic mass is 10.1. The number of nitrogens with one attached hydrogen (secondary N) is 1. The van der Waals surface area contributed by atoms with Crippen LogP contribution in [0.2, 0.25) is 5.02 Å². The smallest absolute Gasteiger partial charge is 0.132 e. The molecule has 2 aromatic rings. The Kier molecular flexibility index (Phi) is 4.86. The fourth-order valence-corrected chi connectivity index (χ4v) is 1.97. The number of hydrogen-bond donors (Lipinski definition) is 1. The summed E-state index contributed by atoms with van der Waals surface area (Å²) in [5, 5.41) is 4.06. The molecule has 0 aliphatic rings. The van der Waals surface area contributed by atoms with E-state index in [1.807, 2.05) is 12.1 Å². The lowest BCUT2D eigenvalue weighted by Crippen LogP contribution is -2.35. The second-order valence-corrected chi connectivity index (χ2v) is 6.35. The van der Waals surface area contributed by atoms with Crippen LogP contribution in [0.4, 0.5) is 4.39 Å². The van der Waals surface area contributed by atoms with E-state index in [1.165, 1.54) is 12.1 Å². The Morgan fingerprint density at radius 3 is 2.38 bits per heavy atom. The SMILES string of the molecule is CC(C)(C)NCc1cc(Cl)ccc1Oc1ccc(F)cc1. The molecular weight excluding hydrogens is 289 g/mol. The van der Waals surface area contributed by atoms with Gasteiger partial charge in [0.15, 0.2) is 0 Å². The molecule has 112 valence electrons. The Labute approximate surface area is 129 Å². The molecule has 2 aromatic carbocycles. The van der Waals surface area contributed by atoms with Gasteiger partial charge in [0.05, 0.1) is 0 Å². The zero-order valence-corrected chi connectivity index (χ0v) is 13.2. The predicted octanol–water partition coefficient (Wildman–Crippen LogP) is 5.16. The molecule has 2 nitrogen and oxygen atoms in total. The van der Waals surface area contributed by atoms with Gasteiger partial charge in [0.1, 0.15) is 17.3 Å². The van der Waals surface area contributed by atoms with Crippen LogP contribution in [0.5, 0.6) is 11.5 Å². The Hall–Kier alpha value is -1.58. The summed E-state index contributed by atoms with van der Waals surface area (Å²) in [5.41, 5.74) is 0.955. The number of halogens is 2. The third-order valence-electron chi connectivity index (χ3n) is 2.87. The highest BCUT2D eigenvalue weighted by molar-refractivity contribution is 6.30. The Balaban J connectivity index is 2.20. The van der Waals surface area contributed by atoms with Crippen LogP contribution in [0.25, 0.3) is 0 Å². The van der Waals surface area contributed by atoms with Crippen molar-refractivity contribution in [1.82, 2.24) is 5.32 Å². The Bertz CT molecular complexity index is 605. The summed E-state index contributed by atoms with van der Waals surface area (Å²) in [4.78, 5) is 0. The van der Waals surface area contributed by atoms with Crippen molar-refractivity contribution in [2.24, 2.45) is 0 Å². The Morgan fingerprint density at radius 1 is 1.10 bits per heavy atom. The number of benzene rings is 2. The molecule has 0 bridgehead atoms. The van der Waals surface area contributed by atoms with Gasteiger partial charge in [0, 0.05) is 22.7 Å². The van der Waals surface area contributed by atoms with Gasteiger partial charge < -0.3 is 10.1 Å². The third-order valence-corrected chi connectivity index (χ3v) is 3.11. The summed E-state index contributed by atoms with van der Waals surface area (Å²) in [5.74, 6) is 1.02. The molecule has 0 aliphatic heterocycles. The molecule has 0 aliphatic carbocycles. The van der Waals surface area contributed by atoms with Gasteiger partial charge in [-0.1, -0.05) is 11.6 Å². The monoisotopic (exact) mass is 307 g/mol. The van der Waals surface area contributed by atoms with Crippen molar-refractivity contribution in [2.75, 3.05) is 0 Å². The Morgan fingerprint density at radius 2 is 1.76 bits per heavy atom. The maximum absolute atomic E-state index is 12.9. The molecule has 0 unspecified atom stereocenters. The predicted molar refractivity (Wildman–Crippen MR) is 84.5 cm³/mol. The van der Waals surface area contributed by atoms with E-state index in [0.29, 0.717) is 23.1 Å². The molecular formula is C17H19ClFNO. The first-order valence-electron chi connectivity index (χ1n) is 6.80. The summed E-state index contributed by atoms with van der Waals surface area (Å²) in [6.45, 7) is 6.93. The third kappa shape index (κ3) is 5.03. The highest BCUT2D eigenvalue weighted by Crippen LogP contribution is 2.28. The van der Waals surface area contributed by atoms with Crippen LogP contribution < -0.4 is 10.1 Å². The van der Waals surface area contributed by atoms with Gasteiger partial charge in [0.25, 0.3) is 0 Å². The van der Waals surface area contributed by atoms with Crippen molar-refractivity contribution in [3.8, 4) is 11.5 Å². The quantitative estimate of drug-likeness (QED) is 0.842. The average molecular weight is 308 g/mol. The first kappa shape index (κ1) is 15.8.